The summed E-state index contributed by atoms with van der Waals surface area (Å²) < 4.78 is 12.1. The van der Waals surface area contributed by atoms with Crippen molar-refractivity contribution in [1.82, 2.24) is 4.90 Å². The molecule has 0 aliphatic carbocycles. The van der Waals surface area contributed by atoms with Gasteiger partial charge in [-0.3, -0.25) is 4.79 Å². The smallest absolute Gasteiger partial charge is 0.328 e. The fourth-order valence-electron chi connectivity index (χ4n) is 4.14. The molecule has 0 aliphatic heterocycles. The maximum absolute atomic E-state index is 13.5. The summed E-state index contributed by atoms with van der Waals surface area (Å²) in [7, 11) is 1.98. The van der Waals surface area contributed by atoms with Crippen LogP contribution in [-0.4, -0.2) is 65.0 Å². The van der Waals surface area contributed by atoms with E-state index in [-0.39, 0.29) is 12.0 Å². The van der Waals surface area contributed by atoms with Crippen molar-refractivity contribution in [1.29, 1.82) is 0 Å². The monoisotopic (exact) mass is 559 g/mol. The van der Waals surface area contributed by atoms with Gasteiger partial charge in [0.05, 0.1) is 10.9 Å². The molecule has 3 aromatic carbocycles. The van der Waals surface area contributed by atoms with E-state index >= 15 is 0 Å². The average Bonchev–Trinajstić information content (AvgIpc) is 2.96. The second-order valence-corrected chi connectivity index (χ2v) is 9.26. The number of aliphatic carboxylic acids is 2. The lowest BCUT2D eigenvalue weighted by atomic mass is 9.98. The van der Waals surface area contributed by atoms with Gasteiger partial charge < -0.3 is 29.4 Å². The van der Waals surface area contributed by atoms with E-state index in [9.17, 15) is 19.5 Å². The number of nitrogens with zero attached hydrogens (tertiary/aromatic N) is 1. The third-order valence-electron chi connectivity index (χ3n) is 5.90. The van der Waals surface area contributed by atoms with Gasteiger partial charge in [-0.25, -0.2) is 9.59 Å². The number of benzene rings is 3. The van der Waals surface area contributed by atoms with Gasteiger partial charge in [-0.1, -0.05) is 67.6 Å². The minimum atomic E-state index is -1.26. The molecule has 0 fully saturated rings. The summed E-state index contributed by atoms with van der Waals surface area (Å²) in [5.74, 6) is -1.44. The highest BCUT2D eigenvalue weighted by molar-refractivity contribution is 5.90. The van der Waals surface area contributed by atoms with E-state index in [1.54, 1.807) is 18.2 Å². The van der Waals surface area contributed by atoms with Gasteiger partial charge in [0.25, 0.3) is 0 Å². The van der Waals surface area contributed by atoms with Crippen LogP contribution in [-0.2, 0) is 9.59 Å². The standard InChI is InChI=1S/C28H29NO4.C4H4O4/c1-3-16-29(2)18-22(30)19-32-23-14-15-24-25(17-23)33-28(21-12-8-5-9-13-21)26(27(24)31)20-10-6-4-7-11-20;5-3(6)1-2-4(7)8/h4-15,17,22,30H,3,16,18-19H2,1-2H3;1-2H,(H,5,6)(H,7,8)/b;2-1-. The van der Waals surface area contributed by atoms with Crippen molar-refractivity contribution in [3.8, 4) is 28.2 Å². The first-order chi connectivity index (χ1) is 19.7. The van der Waals surface area contributed by atoms with Crippen molar-refractivity contribution in [2.45, 2.75) is 19.4 Å². The largest absolute Gasteiger partial charge is 0.491 e. The van der Waals surface area contributed by atoms with E-state index < -0.39 is 18.0 Å². The summed E-state index contributed by atoms with van der Waals surface area (Å²) in [5.41, 5.74) is 2.54. The molecule has 1 atom stereocenters. The maximum atomic E-state index is 13.5. The van der Waals surface area contributed by atoms with Gasteiger partial charge in [-0.2, -0.15) is 0 Å². The van der Waals surface area contributed by atoms with Gasteiger partial charge in [0, 0.05) is 30.3 Å². The predicted octanol–water partition coefficient (Wildman–Crippen LogP) is 4.92. The van der Waals surface area contributed by atoms with Gasteiger partial charge in [-0.05, 0) is 37.7 Å². The zero-order chi connectivity index (χ0) is 29.8. The van der Waals surface area contributed by atoms with Crippen LogP contribution in [0, 0.1) is 0 Å². The molecule has 0 spiro atoms. The number of hydrogen-bond acceptors (Lipinski definition) is 7. The van der Waals surface area contributed by atoms with Gasteiger partial charge in [-0.15, -0.1) is 0 Å². The molecule has 3 N–H and O–H groups in total. The fraction of sp³-hybridized carbons (Fsp3) is 0.219. The SMILES string of the molecule is CCCN(C)CC(O)COc1ccc2c(=O)c(-c3ccccc3)c(-c3ccccc3)oc2c1.O=C(O)/C=C\C(=O)O. The normalized spacial score (nSPS) is 11.7. The molecule has 9 heteroatoms. The summed E-state index contributed by atoms with van der Waals surface area (Å²) >= 11 is 0. The summed E-state index contributed by atoms with van der Waals surface area (Å²) in [5, 5.41) is 26.4. The highest BCUT2D eigenvalue weighted by atomic mass is 16.5. The lowest BCUT2D eigenvalue weighted by Crippen LogP contribution is -2.33. The lowest BCUT2D eigenvalue weighted by Gasteiger charge is -2.20. The highest BCUT2D eigenvalue weighted by Gasteiger charge is 2.18. The van der Waals surface area contributed by atoms with Crippen molar-refractivity contribution < 1.29 is 34.1 Å². The Kier molecular flexibility index (Phi) is 11.4. The number of fused-ring (bicyclic) bond motifs is 1. The van der Waals surface area contributed by atoms with Crippen molar-refractivity contribution >= 4 is 22.9 Å². The van der Waals surface area contributed by atoms with Gasteiger partial charge in [0.1, 0.15) is 29.8 Å². The highest BCUT2D eigenvalue weighted by Crippen LogP contribution is 2.33. The molecule has 0 saturated carbocycles. The number of ether oxygens (including phenoxy) is 1. The average molecular weight is 560 g/mol. The Morgan fingerprint density at radius 2 is 1.51 bits per heavy atom. The Bertz CT molecular complexity index is 1510. The zero-order valence-corrected chi connectivity index (χ0v) is 22.9. The third-order valence-corrected chi connectivity index (χ3v) is 5.90. The summed E-state index contributed by atoms with van der Waals surface area (Å²) in [6, 6.07) is 24.4. The minimum Gasteiger partial charge on any atom is -0.491 e. The van der Waals surface area contributed by atoms with Gasteiger partial charge in [0.15, 0.2) is 0 Å². The maximum Gasteiger partial charge on any atom is 0.328 e. The molecular formula is C32H33NO8. The van der Waals surface area contributed by atoms with E-state index in [4.69, 9.17) is 19.4 Å². The van der Waals surface area contributed by atoms with Crippen LogP contribution in [0.2, 0.25) is 0 Å². The molecule has 41 heavy (non-hydrogen) atoms. The Labute approximate surface area is 237 Å². The topological polar surface area (TPSA) is 138 Å². The number of aliphatic hydroxyl groups is 1. The second kappa shape index (κ2) is 15.2. The molecule has 0 amide bonds. The molecular weight excluding hydrogens is 526 g/mol. The number of hydrogen-bond donors (Lipinski definition) is 3. The number of rotatable bonds is 11. The number of aliphatic hydroxyl groups excluding tert-OH is 1. The van der Waals surface area contributed by atoms with Crippen LogP contribution in [0.1, 0.15) is 13.3 Å². The first-order valence-electron chi connectivity index (χ1n) is 13.0. The summed E-state index contributed by atoms with van der Waals surface area (Å²) in [6.45, 7) is 3.73. The first kappa shape index (κ1) is 30.8. The number of carboxylic acid groups (broad SMARTS) is 2. The predicted molar refractivity (Wildman–Crippen MR) is 157 cm³/mol. The lowest BCUT2D eigenvalue weighted by molar-refractivity contribution is -0.134. The fourth-order valence-corrected chi connectivity index (χ4v) is 4.14. The van der Waals surface area contributed by atoms with Crippen LogP contribution in [0.25, 0.3) is 33.4 Å². The van der Waals surface area contributed by atoms with Crippen LogP contribution in [0.15, 0.2) is 100 Å². The second-order valence-electron chi connectivity index (χ2n) is 9.26. The van der Waals surface area contributed by atoms with E-state index in [0.717, 1.165) is 24.1 Å². The Balaban J connectivity index is 0.000000507. The van der Waals surface area contributed by atoms with Gasteiger partial charge >= 0.3 is 11.9 Å². The molecule has 0 radical (unpaired) electrons. The molecule has 1 heterocycles. The van der Waals surface area contributed by atoms with Crippen molar-refractivity contribution in [2.24, 2.45) is 0 Å². The van der Waals surface area contributed by atoms with Crippen LogP contribution in [0.5, 0.6) is 5.75 Å². The summed E-state index contributed by atoms with van der Waals surface area (Å²) in [6.07, 6.45) is 1.54. The molecule has 0 saturated heterocycles. The van der Waals surface area contributed by atoms with Crippen LogP contribution in [0.3, 0.4) is 0 Å². The summed E-state index contributed by atoms with van der Waals surface area (Å²) in [4.78, 5) is 34.7. The van der Waals surface area contributed by atoms with Crippen molar-refractivity contribution in [3.63, 3.8) is 0 Å². The van der Waals surface area contributed by atoms with Crippen LogP contribution < -0.4 is 10.2 Å². The Morgan fingerprint density at radius 3 is 2.07 bits per heavy atom. The van der Waals surface area contributed by atoms with Crippen molar-refractivity contribution in [2.75, 3.05) is 26.7 Å². The third kappa shape index (κ3) is 9.16. The molecule has 214 valence electrons. The minimum absolute atomic E-state index is 0.0888. The molecule has 0 bridgehead atoms. The Morgan fingerprint density at radius 1 is 0.927 bits per heavy atom. The van der Waals surface area contributed by atoms with Crippen LogP contribution >= 0.6 is 0 Å². The Hall–Kier alpha value is -4.73. The van der Waals surface area contributed by atoms with E-state index in [0.29, 0.717) is 46.7 Å². The molecule has 1 aromatic heterocycles. The number of likely N-dealkylation sites (N-methyl/N-ethyl adjacent to an activating group) is 1. The zero-order valence-electron chi connectivity index (χ0n) is 22.9. The van der Waals surface area contributed by atoms with Crippen molar-refractivity contribution in [3.05, 3.63) is 101 Å². The molecule has 9 nitrogen and oxygen atoms in total. The van der Waals surface area contributed by atoms with E-state index in [1.807, 2.05) is 67.7 Å². The quantitative estimate of drug-likeness (QED) is 0.219. The number of carboxylic acids is 2. The van der Waals surface area contributed by atoms with Crippen LogP contribution in [0.4, 0.5) is 0 Å². The molecule has 0 aliphatic rings. The van der Waals surface area contributed by atoms with E-state index in [1.165, 1.54) is 0 Å². The number of carbonyl (C=O) groups is 2. The first-order valence-corrected chi connectivity index (χ1v) is 13.0. The molecule has 1 unspecified atom stereocenters. The van der Waals surface area contributed by atoms with Gasteiger partial charge in [0.2, 0.25) is 5.43 Å². The molecule has 4 aromatic rings. The molecule has 4 rings (SSSR count). The van der Waals surface area contributed by atoms with E-state index in [2.05, 4.69) is 11.8 Å².